The Hall–Kier alpha value is -2.58. The standard InChI is InChI=1S/C21H28N2O5S/c1-4-12-23-29(25,26)19-9-10-20(16(2)14-19)28-15-21(24)22-13-11-17-5-7-18(27-3)8-6-17/h5-10,14,23H,4,11-13,15H2,1-3H3,(H,22,24). The number of methoxy groups -OCH3 is 1. The molecule has 0 saturated carbocycles. The van der Waals surface area contributed by atoms with Gasteiger partial charge in [0.05, 0.1) is 12.0 Å². The number of benzene rings is 2. The Bertz CT molecular complexity index is 911. The van der Waals surface area contributed by atoms with E-state index >= 15 is 0 Å². The van der Waals surface area contributed by atoms with Crippen molar-refractivity contribution in [2.24, 2.45) is 0 Å². The van der Waals surface area contributed by atoms with Crippen LogP contribution in [0.2, 0.25) is 0 Å². The minimum atomic E-state index is -3.53. The summed E-state index contributed by atoms with van der Waals surface area (Å²) in [5.41, 5.74) is 1.74. The van der Waals surface area contributed by atoms with Crippen LogP contribution < -0.4 is 19.5 Å². The van der Waals surface area contributed by atoms with Gasteiger partial charge in [0.2, 0.25) is 10.0 Å². The van der Waals surface area contributed by atoms with Gasteiger partial charge in [0.25, 0.3) is 5.91 Å². The molecule has 0 aliphatic heterocycles. The minimum Gasteiger partial charge on any atom is -0.497 e. The van der Waals surface area contributed by atoms with Gasteiger partial charge >= 0.3 is 0 Å². The van der Waals surface area contributed by atoms with Crippen LogP contribution in [0.15, 0.2) is 47.4 Å². The van der Waals surface area contributed by atoms with Gasteiger partial charge in [-0.05, 0) is 61.2 Å². The number of carbonyl (C=O) groups is 1. The van der Waals surface area contributed by atoms with Crippen molar-refractivity contribution in [1.82, 2.24) is 10.0 Å². The van der Waals surface area contributed by atoms with E-state index in [-0.39, 0.29) is 17.4 Å². The molecule has 2 rings (SSSR count). The third kappa shape index (κ3) is 7.07. The Morgan fingerprint density at radius 3 is 2.41 bits per heavy atom. The molecule has 2 aromatic carbocycles. The summed E-state index contributed by atoms with van der Waals surface area (Å²) in [6, 6.07) is 12.2. The second-order valence-corrected chi connectivity index (χ2v) is 8.33. The predicted molar refractivity (Wildman–Crippen MR) is 112 cm³/mol. The number of sulfonamides is 1. The molecule has 0 heterocycles. The van der Waals surface area contributed by atoms with E-state index in [4.69, 9.17) is 9.47 Å². The van der Waals surface area contributed by atoms with Crippen molar-refractivity contribution < 1.29 is 22.7 Å². The monoisotopic (exact) mass is 420 g/mol. The minimum absolute atomic E-state index is 0.135. The van der Waals surface area contributed by atoms with Crippen molar-refractivity contribution in [3.05, 3.63) is 53.6 Å². The summed E-state index contributed by atoms with van der Waals surface area (Å²) in [6.45, 7) is 4.39. The Balaban J connectivity index is 1.81. The van der Waals surface area contributed by atoms with E-state index < -0.39 is 10.0 Å². The molecule has 7 nitrogen and oxygen atoms in total. The summed E-state index contributed by atoms with van der Waals surface area (Å²) in [6.07, 6.45) is 1.42. The van der Waals surface area contributed by atoms with Crippen molar-refractivity contribution in [2.75, 3.05) is 26.8 Å². The lowest BCUT2D eigenvalue weighted by atomic mass is 10.1. The van der Waals surface area contributed by atoms with E-state index in [2.05, 4.69) is 10.0 Å². The molecule has 0 aromatic heterocycles. The van der Waals surface area contributed by atoms with Crippen LogP contribution in [-0.4, -0.2) is 41.1 Å². The molecule has 8 heteroatoms. The van der Waals surface area contributed by atoms with E-state index in [0.29, 0.717) is 37.2 Å². The maximum atomic E-state index is 12.2. The van der Waals surface area contributed by atoms with Crippen molar-refractivity contribution in [1.29, 1.82) is 0 Å². The highest BCUT2D eigenvalue weighted by Crippen LogP contribution is 2.21. The zero-order valence-corrected chi connectivity index (χ0v) is 17.8. The van der Waals surface area contributed by atoms with Gasteiger partial charge in [0, 0.05) is 13.1 Å². The van der Waals surface area contributed by atoms with Gasteiger partial charge in [-0.1, -0.05) is 19.1 Å². The molecule has 0 fully saturated rings. The van der Waals surface area contributed by atoms with Crippen molar-refractivity contribution >= 4 is 15.9 Å². The van der Waals surface area contributed by atoms with Crippen molar-refractivity contribution in [3.8, 4) is 11.5 Å². The molecule has 158 valence electrons. The topological polar surface area (TPSA) is 93.7 Å². The van der Waals surface area contributed by atoms with Crippen molar-refractivity contribution in [3.63, 3.8) is 0 Å². The van der Waals surface area contributed by atoms with Gasteiger partial charge < -0.3 is 14.8 Å². The lowest BCUT2D eigenvalue weighted by molar-refractivity contribution is -0.123. The fourth-order valence-corrected chi connectivity index (χ4v) is 3.82. The molecule has 0 atom stereocenters. The Morgan fingerprint density at radius 2 is 1.79 bits per heavy atom. The number of aryl methyl sites for hydroxylation is 1. The number of hydrogen-bond donors (Lipinski definition) is 2. The highest BCUT2D eigenvalue weighted by Gasteiger charge is 2.15. The maximum absolute atomic E-state index is 12.2. The smallest absolute Gasteiger partial charge is 0.257 e. The van der Waals surface area contributed by atoms with E-state index in [1.807, 2.05) is 31.2 Å². The Labute approximate surface area is 172 Å². The highest BCUT2D eigenvalue weighted by molar-refractivity contribution is 7.89. The Morgan fingerprint density at radius 1 is 1.07 bits per heavy atom. The van der Waals surface area contributed by atoms with Crippen LogP contribution >= 0.6 is 0 Å². The molecular formula is C21H28N2O5S. The fraction of sp³-hybridized carbons (Fsp3) is 0.381. The van der Waals surface area contributed by atoms with Crippen LogP contribution in [0.4, 0.5) is 0 Å². The quantitative estimate of drug-likeness (QED) is 0.582. The lowest BCUT2D eigenvalue weighted by Crippen LogP contribution is -2.30. The normalized spacial score (nSPS) is 11.1. The van der Waals surface area contributed by atoms with Crippen LogP contribution in [0.3, 0.4) is 0 Å². The van der Waals surface area contributed by atoms with Crippen LogP contribution in [0.25, 0.3) is 0 Å². The highest BCUT2D eigenvalue weighted by atomic mass is 32.2. The average molecular weight is 421 g/mol. The van der Waals surface area contributed by atoms with Gasteiger partial charge in [0.15, 0.2) is 6.61 Å². The van der Waals surface area contributed by atoms with Crippen molar-refractivity contribution in [2.45, 2.75) is 31.6 Å². The molecule has 0 unspecified atom stereocenters. The molecule has 2 N–H and O–H groups in total. The number of amides is 1. The lowest BCUT2D eigenvalue weighted by Gasteiger charge is -2.12. The second kappa shape index (κ2) is 10.8. The number of nitrogens with one attached hydrogen (secondary N) is 2. The second-order valence-electron chi connectivity index (χ2n) is 6.56. The van der Waals surface area contributed by atoms with E-state index in [9.17, 15) is 13.2 Å². The van der Waals surface area contributed by atoms with Gasteiger partial charge in [-0.2, -0.15) is 0 Å². The fourth-order valence-electron chi connectivity index (χ4n) is 2.60. The molecule has 0 spiro atoms. The number of carbonyl (C=O) groups excluding carboxylic acids is 1. The molecule has 0 radical (unpaired) electrons. The van der Waals surface area contributed by atoms with Crippen LogP contribution in [0.1, 0.15) is 24.5 Å². The Kier molecular flexibility index (Phi) is 8.48. The van der Waals surface area contributed by atoms with E-state index in [1.165, 1.54) is 12.1 Å². The van der Waals surface area contributed by atoms with Gasteiger partial charge in [-0.15, -0.1) is 0 Å². The zero-order chi connectivity index (χ0) is 21.3. The molecule has 0 bridgehead atoms. The molecule has 1 amide bonds. The molecule has 29 heavy (non-hydrogen) atoms. The summed E-state index contributed by atoms with van der Waals surface area (Å²) in [7, 11) is -1.91. The van der Waals surface area contributed by atoms with Gasteiger partial charge in [-0.25, -0.2) is 13.1 Å². The first-order valence-corrected chi connectivity index (χ1v) is 11.0. The maximum Gasteiger partial charge on any atom is 0.257 e. The molecule has 0 aliphatic rings. The number of hydrogen-bond acceptors (Lipinski definition) is 5. The van der Waals surface area contributed by atoms with Gasteiger partial charge in [-0.3, -0.25) is 4.79 Å². The van der Waals surface area contributed by atoms with Gasteiger partial charge in [0.1, 0.15) is 11.5 Å². The third-order valence-corrected chi connectivity index (χ3v) is 5.71. The third-order valence-electron chi connectivity index (χ3n) is 4.25. The van der Waals surface area contributed by atoms with E-state index in [1.54, 1.807) is 20.1 Å². The summed E-state index contributed by atoms with van der Waals surface area (Å²) in [5.74, 6) is 1.03. The summed E-state index contributed by atoms with van der Waals surface area (Å²) in [5, 5.41) is 2.81. The summed E-state index contributed by atoms with van der Waals surface area (Å²) >= 11 is 0. The molecule has 2 aromatic rings. The SMILES string of the molecule is CCCNS(=O)(=O)c1ccc(OCC(=O)NCCc2ccc(OC)cc2)c(C)c1. The summed E-state index contributed by atoms with van der Waals surface area (Å²) in [4.78, 5) is 12.2. The van der Waals surface area contributed by atoms with Crippen LogP contribution in [-0.2, 0) is 21.2 Å². The van der Waals surface area contributed by atoms with Crippen LogP contribution in [0.5, 0.6) is 11.5 Å². The first kappa shape index (κ1) is 22.7. The molecule has 0 aliphatic carbocycles. The van der Waals surface area contributed by atoms with E-state index in [0.717, 1.165) is 11.3 Å². The number of ether oxygens (including phenoxy) is 2. The first-order valence-electron chi connectivity index (χ1n) is 9.48. The first-order chi connectivity index (χ1) is 13.9. The molecule has 0 saturated heterocycles. The predicted octanol–water partition coefficient (Wildman–Crippen LogP) is 2.43. The molecular weight excluding hydrogens is 392 g/mol. The zero-order valence-electron chi connectivity index (χ0n) is 17.0. The largest absolute Gasteiger partial charge is 0.497 e. The average Bonchev–Trinajstić information content (AvgIpc) is 2.72. The summed E-state index contributed by atoms with van der Waals surface area (Å²) < 4.78 is 37.5. The van der Waals surface area contributed by atoms with Crippen LogP contribution in [0, 0.1) is 6.92 Å². The number of rotatable bonds is 11.